The molecule has 2 amide bonds. The summed E-state index contributed by atoms with van der Waals surface area (Å²) in [6, 6.07) is 13.8. The number of hydrogen-bond acceptors (Lipinski definition) is 6. The van der Waals surface area contributed by atoms with Gasteiger partial charge in [-0.15, -0.1) is 11.8 Å². The summed E-state index contributed by atoms with van der Waals surface area (Å²) in [7, 11) is 2.97. The van der Waals surface area contributed by atoms with Crippen LogP contribution in [0.2, 0.25) is 0 Å². The van der Waals surface area contributed by atoms with E-state index in [2.05, 4.69) is 0 Å². The summed E-state index contributed by atoms with van der Waals surface area (Å²) in [5.41, 5.74) is 0.988. The van der Waals surface area contributed by atoms with Gasteiger partial charge in [0.05, 0.1) is 42.4 Å². The highest BCUT2D eigenvalue weighted by molar-refractivity contribution is 8.03. The molecule has 3 aromatic rings. The molecule has 8 heteroatoms. The highest BCUT2D eigenvalue weighted by Crippen LogP contribution is 2.41. The lowest BCUT2D eigenvalue weighted by atomic mass is 10.1. The molecule has 0 fully saturated rings. The molecule has 1 aromatic heterocycles. The van der Waals surface area contributed by atoms with Gasteiger partial charge >= 0.3 is 0 Å². The predicted octanol–water partition coefficient (Wildman–Crippen LogP) is 4.65. The van der Waals surface area contributed by atoms with Crippen LogP contribution < -0.4 is 14.4 Å². The Morgan fingerprint density at radius 2 is 1.65 bits per heavy atom. The normalized spacial score (nSPS) is 13.8. The monoisotopic (exact) mass is 439 g/mol. The summed E-state index contributed by atoms with van der Waals surface area (Å²) < 4.78 is 29.4. The molecule has 0 radical (unpaired) electrons. The number of benzene rings is 2. The second kappa shape index (κ2) is 8.69. The Morgan fingerprint density at radius 3 is 2.23 bits per heavy atom. The Bertz CT molecular complexity index is 1130. The van der Waals surface area contributed by atoms with Crippen molar-refractivity contribution in [3.8, 4) is 11.5 Å². The average Bonchev–Trinajstić information content (AvgIpc) is 3.38. The molecular formula is C23H18FNO5S. The van der Waals surface area contributed by atoms with E-state index < -0.39 is 17.6 Å². The molecule has 0 saturated carbocycles. The van der Waals surface area contributed by atoms with Crippen molar-refractivity contribution < 1.29 is 27.9 Å². The highest BCUT2D eigenvalue weighted by atomic mass is 32.2. The van der Waals surface area contributed by atoms with E-state index in [0.29, 0.717) is 34.3 Å². The maximum absolute atomic E-state index is 13.5. The Hall–Kier alpha value is -3.52. The number of methoxy groups -OCH3 is 2. The average molecular weight is 439 g/mol. The third-order valence-electron chi connectivity index (χ3n) is 4.71. The van der Waals surface area contributed by atoms with Crippen molar-refractivity contribution >= 4 is 34.8 Å². The largest absolute Gasteiger partial charge is 0.497 e. The Balaban J connectivity index is 1.77. The molecule has 0 N–H and O–H groups in total. The van der Waals surface area contributed by atoms with E-state index in [1.54, 1.807) is 36.6 Å². The number of carbonyl (C=O) groups excluding carboxylic acids is 2. The first-order valence-electron chi connectivity index (χ1n) is 9.29. The molecule has 31 heavy (non-hydrogen) atoms. The summed E-state index contributed by atoms with van der Waals surface area (Å²) >= 11 is 1.20. The molecule has 2 aromatic carbocycles. The minimum Gasteiger partial charge on any atom is -0.497 e. The van der Waals surface area contributed by atoms with Crippen molar-refractivity contribution in [1.82, 2.24) is 0 Å². The van der Waals surface area contributed by atoms with Crippen LogP contribution in [0.25, 0.3) is 5.57 Å². The van der Waals surface area contributed by atoms with Gasteiger partial charge in [-0.05, 0) is 29.8 Å². The summed E-state index contributed by atoms with van der Waals surface area (Å²) in [4.78, 5) is 28.1. The molecular weight excluding hydrogens is 421 g/mol. The molecule has 0 bridgehead atoms. The van der Waals surface area contributed by atoms with Crippen LogP contribution in [0.5, 0.6) is 11.5 Å². The number of ether oxygens (including phenoxy) is 2. The Labute approximate surface area is 182 Å². The maximum atomic E-state index is 13.5. The first kappa shape index (κ1) is 20.7. The standard InChI is InChI=1S/C23H18FNO5S/c1-28-18-10-16(11-19(12-18)29-2)25-22(26)20(14-5-7-15(24)8-6-14)21(23(25)27)31-13-17-4-3-9-30-17/h3-12H,13H2,1-2H3. The first-order valence-corrected chi connectivity index (χ1v) is 10.3. The molecule has 0 unspecified atom stereocenters. The van der Waals surface area contributed by atoms with Gasteiger partial charge in [-0.2, -0.15) is 0 Å². The van der Waals surface area contributed by atoms with Crippen LogP contribution in [0.15, 0.2) is 70.2 Å². The van der Waals surface area contributed by atoms with Crippen LogP contribution in [-0.4, -0.2) is 26.0 Å². The van der Waals surface area contributed by atoms with Crippen LogP contribution in [0.1, 0.15) is 11.3 Å². The minimum atomic E-state index is -0.506. The number of thioether (sulfide) groups is 1. The number of nitrogens with zero attached hydrogens (tertiary/aromatic N) is 1. The van der Waals surface area contributed by atoms with Crippen molar-refractivity contribution in [2.45, 2.75) is 5.75 Å². The molecule has 4 rings (SSSR count). The first-order chi connectivity index (χ1) is 15.0. The number of amides is 2. The van der Waals surface area contributed by atoms with Gasteiger partial charge in [0.2, 0.25) is 0 Å². The zero-order valence-electron chi connectivity index (χ0n) is 16.8. The van der Waals surface area contributed by atoms with E-state index in [9.17, 15) is 14.0 Å². The van der Waals surface area contributed by atoms with E-state index in [1.165, 1.54) is 50.2 Å². The molecule has 0 saturated heterocycles. The van der Waals surface area contributed by atoms with Crippen molar-refractivity contribution in [1.29, 1.82) is 0 Å². The fourth-order valence-corrected chi connectivity index (χ4v) is 4.22. The van der Waals surface area contributed by atoms with Gasteiger partial charge < -0.3 is 13.9 Å². The van der Waals surface area contributed by atoms with Gasteiger partial charge in [0, 0.05) is 18.2 Å². The van der Waals surface area contributed by atoms with Crippen molar-refractivity contribution in [3.63, 3.8) is 0 Å². The SMILES string of the molecule is COc1cc(OC)cc(N2C(=O)C(SCc3ccco3)=C(c3ccc(F)cc3)C2=O)c1. The van der Waals surface area contributed by atoms with E-state index in [0.717, 1.165) is 4.90 Å². The lowest BCUT2D eigenvalue weighted by molar-refractivity contribution is -0.119. The van der Waals surface area contributed by atoms with Crippen LogP contribution >= 0.6 is 11.8 Å². The van der Waals surface area contributed by atoms with Gasteiger partial charge in [0.15, 0.2) is 0 Å². The summed E-state index contributed by atoms with van der Waals surface area (Å²) in [6.07, 6.45) is 1.54. The maximum Gasteiger partial charge on any atom is 0.272 e. The zero-order valence-corrected chi connectivity index (χ0v) is 17.6. The van der Waals surface area contributed by atoms with Gasteiger partial charge in [0.1, 0.15) is 23.1 Å². The van der Waals surface area contributed by atoms with Gasteiger partial charge in [-0.1, -0.05) is 12.1 Å². The predicted molar refractivity (Wildman–Crippen MR) is 115 cm³/mol. The number of carbonyl (C=O) groups is 2. The van der Waals surface area contributed by atoms with E-state index in [1.807, 2.05) is 0 Å². The van der Waals surface area contributed by atoms with Crippen molar-refractivity contribution in [2.75, 3.05) is 19.1 Å². The summed E-state index contributed by atoms with van der Waals surface area (Å²) in [6.45, 7) is 0. The van der Waals surface area contributed by atoms with E-state index in [4.69, 9.17) is 13.9 Å². The fourth-order valence-electron chi connectivity index (χ4n) is 3.21. The van der Waals surface area contributed by atoms with Crippen LogP contribution in [0, 0.1) is 5.82 Å². The lowest BCUT2D eigenvalue weighted by Gasteiger charge is -2.17. The molecule has 1 aliphatic rings. The molecule has 1 aliphatic heterocycles. The van der Waals surface area contributed by atoms with E-state index >= 15 is 0 Å². The summed E-state index contributed by atoms with van der Waals surface area (Å²) in [5.74, 6) is 0.495. The molecule has 6 nitrogen and oxygen atoms in total. The van der Waals surface area contributed by atoms with Crippen LogP contribution in [-0.2, 0) is 15.3 Å². The fraction of sp³-hybridized carbons (Fsp3) is 0.130. The van der Waals surface area contributed by atoms with Gasteiger partial charge in [-0.25, -0.2) is 9.29 Å². The number of rotatable bonds is 7. The van der Waals surface area contributed by atoms with Gasteiger partial charge in [0.25, 0.3) is 11.8 Å². The van der Waals surface area contributed by atoms with Crippen LogP contribution in [0.4, 0.5) is 10.1 Å². The second-order valence-electron chi connectivity index (χ2n) is 6.60. The molecule has 2 heterocycles. The molecule has 0 atom stereocenters. The number of furan rings is 1. The third kappa shape index (κ3) is 4.06. The smallest absolute Gasteiger partial charge is 0.272 e. The molecule has 158 valence electrons. The minimum absolute atomic E-state index is 0.211. The van der Waals surface area contributed by atoms with Crippen LogP contribution in [0.3, 0.4) is 0 Å². The quantitative estimate of drug-likeness (QED) is 0.499. The highest BCUT2D eigenvalue weighted by Gasteiger charge is 2.40. The van der Waals surface area contributed by atoms with Gasteiger partial charge in [-0.3, -0.25) is 9.59 Å². The van der Waals surface area contributed by atoms with E-state index in [-0.39, 0.29) is 10.5 Å². The molecule has 0 aliphatic carbocycles. The lowest BCUT2D eigenvalue weighted by Crippen LogP contribution is -2.31. The number of anilines is 1. The number of imide groups is 1. The number of hydrogen-bond donors (Lipinski definition) is 0. The zero-order chi connectivity index (χ0) is 22.0. The summed E-state index contributed by atoms with van der Waals surface area (Å²) in [5, 5.41) is 0. The molecule has 0 spiro atoms. The number of halogens is 1. The van der Waals surface area contributed by atoms with Crippen molar-refractivity contribution in [2.24, 2.45) is 0 Å². The van der Waals surface area contributed by atoms with Crippen molar-refractivity contribution in [3.05, 3.63) is 82.9 Å². The Morgan fingerprint density at radius 1 is 0.968 bits per heavy atom. The third-order valence-corrected chi connectivity index (χ3v) is 5.80. The second-order valence-corrected chi connectivity index (χ2v) is 7.58. The topological polar surface area (TPSA) is 69.0 Å². The Kier molecular flexibility index (Phi) is 5.81.